The fourth-order valence-corrected chi connectivity index (χ4v) is 3.45. The number of likely N-dealkylation sites (tertiary alicyclic amines) is 1. The summed E-state index contributed by atoms with van der Waals surface area (Å²) in [5.74, 6) is -0.490. The van der Waals surface area contributed by atoms with Gasteiger partial charge in [-0.2, -0.15) is 0 Å². The van der Waals surface area contributed by atoms with Crippen molar-refractivity contribution in [3.05, 3.63) is 29.0 Å². The van der Waals surface area contributed by atoms with Gasteiger partial charge in [-0.25, -0.2) is 4.39 Å². The summed E-state index contributed by atoms with van der Waals surface area (Å²) in [7, 11) is 0. The molecule has 6 heteroatoms. The third kappa shape index (κ3) is 4.43. The minimum atomic E-state index is -0.480. The second kappa shape index (κ2) is 7.60. The molecule has 0 aromatic heterocycles. The minimum Gasteiger partial charge on any atom is -0.377 e. The number of piperidine rings is 1. The molecule has 1 amide bonds. The molecule has 3 rings (SSSR count). The largest absolute Gasteiger partial charge is 0.377 e. The second-order valence-corrected chi connectivity index (χ2v) is 6.74. The quantitative estimate of drug-likeness (QED) is 0.914. The zero-order chi connectivity index (χ0) is 16.2. The molecule has 4 nitrogen and oxygen atoms in total. The number of halogens is 2. The van der Waals surface area contributed by atoms with Gasteiger partial charge in [0.1, 0.15) is 5.82 Å². The van der Waals surface area contributed by atoms with Gasteiger partial charge < -0.3 is 15.0 Å². The maximum Gasteiger partial charge on any atom is 0.227 e. The number of ether oxygens (including phenoxy) is 1. The summed E-state index contributed by atoms with van der Waals surface area (Å²) >= 11 is 5.74. The lowest BCUT2D eigenvalue weighted by atomic mass is 9.95. The van der Waals surface area contributed by atoms with Crippen molar-refractivity contribution in [2.75, 3.05) is 31.6 Å². The lowest BCUT2D eigenvalue weighted by Crippen LogP contribution is -2.41. The Hall–Kier alpha value is -1.17. The minimum absolute atomic E-state index is 0.000394. The van der Waals surface area contributed by atoms with Gasteiger partial charge in [-0.05, 0) is 57.0 Å². The van der Waals surface area contributed by atoms with Crippen LogP contribution in [0.15, 0.2) is 18.2 Å². The molecule has 2 aliphatic rings. The molecule has 126 valence electrons. The van der Waals surface area contributed by atoms with E-state index >= 15 is 0 Å². The van der Waals surface area contributed by atoms with Crippen LogP contribution in [0.1, 0.15) is 25.7 Å². The lowest BCUT2D eigenvalue weighted by molar-refractivity contribution is -0.121. The van der Waals surface area contributed by atoms with Crippen LogP contribution in [-0.2, 0) is 9.53 Å². The van der Waals surface area contributed by atoms with Crippen LogP contribution in [0.25, 0.3) is 0 Å². The Morgan fingerprint density at radius 2 is 2.13 bits per heavy atom. The first-order chi connectivity index (χ1) is 11.1. The van der Waals surface area contributed by atoms with Gasteiger partial charge in [0.05, 0.1) is 11.1 Å². The summed E-state index contributed by atoms with van der Waals surface area (Å²) < 4.78 is 18.8. The average molecular weight is 341 g/mol. The molecule has 2 heterocycles. The summed E-state index contributed by atoms with van der Waals surface area (Å²) in [6.45, 7) is 3.69. The van der Waals surface area contributed by atoms with Crippen LogP contribution >= 0.6 is 11.6 Å². The first-order valence-electron chi connectivity index (χ1n) is 8.21. The second-order valence-electron chi connectivity index (χ2n) is 6.33. The van der Waals surface area contributed by atoms with Crippen LogP contribution < -0.4 is 5.32 Å². The number of hydrogen-bond acceptors (Lipinski definition) is 3. The van der Waals surface area contributed by atoms with E-state index in [1.165, 1.54) is 18.2 Å². The fourth-order valence-electron chi connectivity index (χ4n) is 3.27. The normalized spacial score (nSPS) is 23.1. The zero-order valence-corrected chi connectivity index (χ0v) is 13.8. The molecule has 1 atom stereocenters. The van der Waals surface area contributed by atoms with Crippen molar-refractivity contribution >= 4 is 23.2 Å². The highest BCUT2D eigenvalue weighted by Crippen LogP contribution is 2.23. The number of benzene rings is 1. The summed E-state index contributed by atoms with van der Waals surface area (Å²) in [5, 5.41) is 2.86. The highest BCUT2D eigenvalue weighted by atomic mass is 35.5. The number of amides is 1. The van der Waals surface area contributed by atoms with Crippen LogP contribution in [0.5, 0.6) is 0 Å². The molecule has 2 fully saturated rings. The van der Waals surface area contributed by atoms with E-state index in [-0.39, 0.29) is 16.8 Å². The van der Waals surface area contributed by atoms with Gasteiger partial charge in [0.15, 0.2) is 0 Å². The fraction of sp³-hybridized carbons (Fsp3) is 0.588. The Morgan fingerprint density at radius 1 is 1.35 bits per heavy atom. The van der Waals surface area contributed by atoms with E-state index < -0.39 is 5.82 Å². The molecule has 2 saturated heterocycles. The van der Waals surface area contributed by atoms with Crippen molar-refractivity contribution in [3.8, 4) is 0 Å². The number of carbonyl (C=O) groups is 1. The molecule has 2 aliphatic heterocycles. The molecule has 23 heavy (non-hydrogen) atoms. The maximum atomic E-state index is 13.1. The predicted octanol–water partition coefficient (Wildman–Crippen LogP) is 3.31. The van der Waals surface area contributed by atoms with E-state index in [0.717, 1.165) is 51.9 Å². The smallest absolute Gasteiger partial charge is 0.227 e. The summed E-state index contributed by atoms with van der Waals surface area (Å²) in [6.07, 6.45) is 4.35. The highest BCUT2D eigenvalue weighted by Gasteiger charge is 2.27. The molecule has 0 saturated carbocycles. The van der Waals surface area contributed by atoms with Crippen LogP contribution in [0, 0.1) is 11.7 Å². The molecule has 0 unspecified atom stereocenters. The number of nitrogens with one attached hydrogen (secondary N) is 1. The molecule has 1 aromatic carbocycles. The Bertz CT molecular complexity index is 556. The van der Waals surface area contributed by atoms with Gasteiger partial charge in [0.25, 0.3) is 0 Å². The molecule has 0 aliphatic carbocycles. The number of carbonyl (C=O) groups excluding carboxylic acids is 1. The highest BCUT2D eigenvalue weighted by molar-refractivity contribution is 6.31. The van der Waals surface area contributed by atoms with Gasteiger partial charge in [0, 0.05) is 24.8 Å². The first kappa shape index (κ1) is 16.7. The van der Waals surface area contributed by atoms with E-state index in [2.05, 4.69) is 10.2 Å². The van der Waals surface area contributed by atoms with Gasteiger partial charge in [-0.15, -0.1) is 0 Å². The molecule has 0 spiro atoms. The van der Waals surface area contributed by atoms with E-state index in [9.17, 15) is 9.18 Å². The van der Waals surface area contributed by atoms with Crippen molar-refractivity contribution in [1.82, 2.24) is 4.90 Å². The molecule has 1 aromatic rings. The topological polar surface area (TPSA) is 41.6 Å². The maximum absolute atomic E-state index is 13.1. The van der Waals surface area contributed by atoms with Crippen LogP contribution in [0.4, 0.5) is 10.1 Å². The van der Waals surface area contributed by atoms with E-state index in [1.807, 2.05) is 0 Å². The number of hydrogen-bond donors (Lipinski definition) is 1. The first-order valence-corrected chi connectivity index (χ1v) is 8.59. The summed E-state index contributed by atoms with van der Waals surface area (Å²) in [5.41, 5.74) is 0.545. The average Bonchev–Trinajstić information content (AvgIpc) is 3.04. The van der Waals surface area contributed by atoms with Crippen LogP contribution in [0.3, 0.4) is 0 Å². The van der Waals surface area contributed by atoms with Gasteiger partial charge in [-0.1, -0.05) is 11.6 Å². The van der Waals surface area contributed by atoms with Crippen molar-refractivity contribution in [1.29, 1.82) is 0 Å². The number of anilines is 1. The summed E-state index contributed by atoms with van der Waals surface area (Å²) in [4.78, 5) is 14.7. The van der Waals surface area contributed by atoms with Gasteiger partial charge >= 0.3 is 0 Å². The molecule has 1 N–H and O–H groups in total. The van der Waals surface area contributed by atoms with E-state index in [4.69, 9.17) is 16.3 Å². The lowest BCUT2D eigenvalue weighted by Gasteiger charge is -2.32. The summed E-state index contributed by atoms with van der Waals surface area (Å²) in [6, 6.07) is 4.25. The number of nitrogens with zero attached hydrogens (tertiary/aromatic N) is 1. The molecule has 0 bridgehead atoms. The van der Waals surface area contributed by atoms with Crippen molar-refractivity contribution in [2.45, 2.75) is 31.8 Å². The van der Waals surface area contributed by atoms with Crippen LogP contribution in [-0.4, -0.2) is 43.2 Å². The third-order valence-electron chi connectivity index (χ3n) is 4.63. The standard InChI is InChI=1S/C17H22ClFN2O2/c18-15-10-13(3-4-16(15)19)20-17(22)12-5-7-21(8-6-12)11-14-2-1-9-23-14/h3-4,10,12,14H,1-2,5-9,11H2,(H,20,22)/t14-/m0/s1. The number of rotatable bonds is 4. The van der Waals surface area contributed by atoms with Crippen molar-refractivity contribution in [3.63, 3.8) is 0 Å². The van der Waals surface area contributed by atoms with E-state index in [0.29, 0.717) is 11.8 Å². The monoisotopic (exact) mass is 340 g/mol. The van der Waals surface area contributed by atoms with Crippen LogP contribution in [0.2, 0.25) is 5.02 Å². The SMILES string of the molecule is O=C(Nc1ccc(F)c(Cl)c1)C1CCN(C[C@@H]2CCCO2)CC1. The Balaban J connectivity index is 1.46. The third-order valence-corrected chi connectivity index (χ3v) is 4.92. The molecular formula is C17H22ClFN2O2. The molecule has 0 radical (unpaired) electrons. The van der Waals surface area contributed by atoms with Gasteiger partial charge in [0.2, 0.25) is 5.91 Å². The Kier molecular flexibility index (Phi) is 5.51. The van der Waals surface area contributed by atoms with Gasteiger partial charge in [-0.3, -0.25) is 4.79 Å². The van der Waals surface area contributed by atoms with Crippen molar-refractivity contribution in [2.24, 2.45) is 5.92 Å². The predicted molar refractivity (Wildman–Crippen MR) is 88.2 cm³/mol. The molecular weight excluding hydrogens is 319 g/mol. The van der Waals surface area contributed by atoms with E-state index in [1.54, 1.807) is 0 Å². The Labute approximate surface area is 140 Å². The Morgan fingerprint density at radius 3 is 2.78 bits per heavy atom. The van der Waals surface area contributed by atoms with Crippen molar-refractivity contribution < 1.29 is 13.9 Å². The zero-order valence-electron chi connectivity index (χ0n) is 13.1.